The van der Waals surface area contributed by atoms with Crippen LogP contribution in [0.1, 0.15) is 66.1 Å². The fraction of sp³-hybridized carbons (Fsp3) is 0.300. The van der Waals surface area contributed by atoms with Gasteiger partial charge in [0.1, 0.15) is 5.57 Å². The third-order valence-electron chi connectivity index (χ3n) is 7.37. The largest absolute Gasteiger partial charge is 0.331 e. The molecular weight excluding hydrogens is 450 g/mol. The normalized spacial score (nSPS) is 18.1. The van der Waals surface area contributed by atoms with Crippen molar-refractivity contribution in [1.82, 2.24) is 14.8 Å². The van der Waals surface area contributed by atoms with Crippen LogP contribution in [0.25, 0.3) is 11.8 Å². The van der Waals surface area contributed by atoms with E-state index in [2.05, 4.69) is 34.1 Å². The molecule has 2 heterocycles. The van der Waals surface area contributed by atoms with Crippen LogP contribution in [-0.2, 0) is 16.1 Å². The van der Waals surface area contributed by atoms with Crippen LogP contribution in [-0.4, -0.2) is 27.3 Å². The highest BCUT2D eigenvalue weighted by Gasteiger charge is 2.36. The van der Waals surface area contributed by atoms with Crippen molar-refractivity contribution in [2.24, 2.45) is 0 Å². The highest BCUT2D eigenvalue weighted by atomic mass is 16.2. The van der Waals surface area contributed by atoms with E-state index in [1.807, 2.05) is 50.2 Å². The van der Waals surface area contributed by atoms with Crippen molar-refractivity contribution >= 4 is 23.9 Å². The molecule has 184 valence electrons. The van der Waals surface area contributed by atoms with E-state index in [9.17, 15) is 14.4 Å². The van der Waals surface area contributed by atoms with Crippen LogP contribution in [0.15, 0.2) is 66.2 Å². The van der Waals surface area contributed by atoms with E-state index in [0.29, 0.717) is 5.92 Å². The zero-order valence-electron chi connectivity index (χ0n) is 20.8. The quantitative estimate of drug-likeness (QED) is 0.370. The minimum absolute atomic E-state index is 0.0431. The van der Waals surface area contributed by atoms with Crippen molar-refractivity contribution in [3.8, 4) is 5.69 Å². The molecule has 0 bridgehead atoms. The first kappa shape index (κ1) is 23.8. The van der Waals surface area contributed by atoms with Gasteiger partial charge in [-0.15, -0.1) is 0 Å². The number of nitrogens with zero attached hydrogens (tertiary/aromatic N) is 2. The molecule has 1 saturated heterocycles. The molecule has 2 fully saturated rings. The molecular formula is C30H31N3O3. The van der Waals surface area contributed by atoms with Gasteiger partial charge in [0.15, 0.2) is 0 Å². The molecule has 5 rings (SSSR count). The van der Waals surface area contributed by atoms with Crippen molar-refractivity contribution in [1.29, 1.82) is 0 Å². The Labute approximate surface area is 211 Å². The molecule has 2 aliphatic rings. The molecule has 6 nitrogen and oxygen atoms in total. The second-order valence-corrected chi connectivity index (χ2v) is 9.78. The number of hydrogen-bond donors (Lipinski definition) is 1. The second kappa shape index (κ2) is 9.97. The van der Waals surface area contributed by atoms with Crippen LogP contribution in [0.5, 0.6) is 0 Å². The Bertz CT molecular complexity index is 1330. The van der Waals surface area contributed by atoms with Gasteiger partial charge in [-0.1, -0.05) is 61.7 Å². The Morgan fingerprint density at radius 3 is 2.31 bits per heavy atom. The Kier molecular flexibility index (Phi) is 6.59. The molecule has 36 heavy (non-hydrogen) atoms. The summed E-state index contributed by atoms with van der Waals surface area (Å²) in [4.78, 5) is 39.3. The lowest BCUT2D eigenvalue weighted by molar-refractivity contribution is -0.130. The number of carbonyl (C=O) groups excluding carboxylic acids is 3. The number of benzene rings is 2. The predicted octanol–water partition coefficient (Wildman–Crippen LogP) is 5.80. The van der Waals surface area contributed by atoms with Gasteiger partial charge in [0.2, 0.25) is 0 Å². The predicted molar refractivity (Wildman–Crippen MR) is 140 cm³/mol. The number of amides is 4. The van der Waals surface area contributed by atoms with Crippen LogP contribution < -0.4 is 5.32 Å². The minimum atomic E-state index is -0.700. The van der Waals surface area contributed by atoms with Gasteiger partial charge in [0, 0.05) is 17.1 Å². The third kappa shape index (κ3) is 4.63. The molecule has 6 heteroatoms. The number of aryl methyl sites for hydroxylation is 1. The Hall–Kier alpha value is -3.93. The molecule has 1 aromatic heterocycles. The number of carbonyl (C=O) groups is 3. The molecule has 1 aliphatic carbocycles. The van der Waals surface area contributed by atoms with E-state index in [4.69, 9.17) is 0 Å². The van der Waals surface area contributed by atoms with Crippen molar-refractivity contribution < 1.29 is 14.4 Å². The minimum Gasteiger partial charge on any atom is -0.318 e. The zero-order chi connectivity index (χ0) is 25.2. The molecule has 0 radical (unpaired) electrons. The molecule has 3 aromatic rings. The smallest absolute Gasteiger partial charge is 0.318 e. The van der Waals surface area contributed by atoms with Crippen LogP contribution in [0.3, 0.4) is 0 Å². The van der Waals surface area contributed by atoms with Gasteiger partial charge in [-0.05, 0) is 73.6 Å². The van der Waals surface area contributed by atoms with Gasteiger partial charge >= 0.3 is 6.03 Å². The molecule has 1 aliphatic heterocycles. The zero-order valence-corrected chi connectivity index (χ0v) is 20.8. The lowest BCUT2D eigenvalue weighted by atomic mass is 9.84. The highest BCUT2D eigenvalue weighted by Crippen LogP contribution is 2.33. The monoisotopic (exact) mass is 481 g/mol. The van der Waals surface area contributed by atoms with E-state index in [1.165, 1.54) is 37.7 Å². The average molecular weight is 482 g/mol. The number of nitrogens with one attached hydrogen (secondary N) is 1. The highest BCUT2D eigenvalue weighted by molar-refractivity contribution is 6.31. The average Bonchev–Trinajstić information content (AvgIpc) is 3.18. The summed E-state index contributed by atoms with van der Waals surface area (Å²) in [5.41, 5.74) is 5.92. The van der Waals surface area contributed by atoms with E-state index < -0.39 is 17.8 Å². The van der Waals surface area contributed by atoms with E-state index >= 15 is 0 Å². The first-order chi connectivity index (χ1) is 17.4. The van der Waals surface area contributed by atoms with E-state index in [1.54, 1.807) is 6.08 Å². The number of hydrogen-bond acceptors (Lipinski definition) is 3. The fourth-order valence-corrected chi connectivity index (χ4v) is 5.42. The summed E-state index contributed by atoms with van der Waals surface area (Å²) in [5.74, 6) is -0.609. The lowest BCUT2D eigenvalue weighted by Crippen LogP contribution is -2.53. The summed E-state index contributed by atoms with van der Waals surface area (Å²) in [5, 5.41) is 2.31. The van der Waals surface area contributed by atoms with Crippen LogP contribution in [0.4, 0.5) is 4.79 Å². The summed E-state index contributed by atoms with van der Waals surface area (Å²) < 4.78 is 2.13. The van der Waals surface area contributed by atoms with Gasteiger partial charge < -0.3 is 4.57 Å². The fourth-order valence-electron chi connectivity index (χ4n) is 5.42. The molecule has 2 aromatic carbocycles. The Morgan fingerprint density at radius 1 is 0.917 bits per heavy atom. The van der Waals surface area contributed by atoms with Crippen LogP contribution in [0.2, 0.25) is 0 Å². The number of barbiturate groups is 1. The first-order valence-corrected chi connectivity index (χ1v) is 12.6. The Balaban J connectivity index is 1.42. The first-order valence-electron chi connectivity index (χ1n) is 12.6. The number of imide groups is 2. The number of urea groups is 1. The van der Waals surface area contributed by atoms with Crippen molar-refractivity contribution in [2.75, 3.05) is 0 Å². The standard InChI is InChI=1S/C30H31N3O3/c1-20-17-25(21(2)33(20)26-15-13-24(14-16-26)23-11-7-4-8-12-23)18-27-28(34)31-30(36)32(29(27)35)19-22-9-5-3-6-10-22/h3,5-6,9-10,13-18,23H,4,7-8,11-12,19H2,1-2H3,(H,31,34,36). The molecule has 0 unspecified atom stereocenters. The van der Waals surface area contributed by atoms with Crippen molar-refractivity contribution in [2.45, 2.75) is 58.4 Å². The lowest BCUT2D eigenvalue weighted by Gasteiger charge is -2.26. The van der Waals surface area contributed by atoms with Crippen molar-refractivity contribution in [3.05, 3.63) is 94.3 Å². The number of rotatable bonds is 5. The summed E-state index contributed by atoms with van der Waals surface area (Å²) in [6.07, 6.45) is 8.07. The molecule has 1 N–H and O–H groups in total. The van der Waals surface area contributed by atoms with Gasteiger partial charge in [-0.25, -0.2) is 4.79 Å². The summed E-state index contributed by atoms with van der Waals surface area (Å²) in [6.45, 7) is 4.09. The van der Waals surface area contributed by atoms with Gasteiger partial charge in [0.05, 0.1) is 6.54 Å². The third-order valence-corrected chi connectivity index (χ3v) is 7.37. The van der Waals surface area contributed by atoms with E-state index in [0.717, 1.165) is 33.1 Å². The Morgan fingerprint density at radius 2 is 1.61 bits per heavy atom. The topological polar surface area (TPSA) is 71.4 Å². The van der Waals surface area contributed by atoms with Gasteiger partial charge in [0.25, 0.3) is 11.8 Å². The summed E-state index contributed by atoms with van der Waals surface area (Å²) in [6, 6.07) is 19.3. The summed E-state index contributed by atoms with van der Waals surface area (Å²) >= 11 is 0. The molecule has 0 atom stereocenters. The maximum Gasteiger partial charge on any atom is 0.331 e. The maximum atomic E-state index is 13.2. The maximum absolute atomic E-state index is 13.2. The molecule has 1 saturated carbocycles. The SMILES string of the molecule is Cc1cc(C=C2C(=O)NC(=O)N(Cc3ccccc3)C2=O)c(C)n1-c1ccc(C2CCCCC2)cc1. The second-order valence-electron chi connectivity index (χ2n) is 9.78. The van der Waals surface area contributed by atoms with Crippen molar-refractivity contribution in [3.63, 3.8) is 0 Å². The van der Waals surface area contributed by atoms with Gasteiger partial charge in [-0.3, -0.25) is 19.8 Å². The summed E-state index contributed by atoms with van der Waals surface area (Å²) in [7, 11) is 0. The van der Waals surface area contributed by atoms with E-state index in [-0.39, 0.29) is 12.1 Å². The van der Waals surface area contributed by atoms with Gasteiger partial charge in [-0.2, -0.15) is 0 Å². The number of aromatic nitrogens is 1. The molecule has 4 amide bonds. The van der Waals surface area contributed by atoms with Crippen LogP contribution in [0, 0.1) is 13.8 Å². The molecule has 0 spiro atoms. The van der Waals surface area contributed by atoms with Crippen LogP contribution >= 0.6 is 0 Å².